The van der Waals surface area contributed by atoms with Crippen LogP contribution < -0.4 is 5.73 Å². The van der Waals surface area contributed by atoms with Crippen molar-refractivity contribution in [3.05, 3.63) is 34.8 Å². The summed E-state index contributed by atoms with van der Waals surface area (Å²) >= 11 is 3.46. The van der Waals surface area contributed by atoms with Crippen LogP contribution in [0.3, 0.4) is 0 Å². The molecule has 2 N–H and O–H groups in total. The zero-order valence-corrected chi connectivity index (χ0v) is 11.7. The Hall–Kier alpha value is -0.840. The summed E-state index contributed by atoms with van der Waals surface area (Å²) in [6.45, 7) is 2.71. The van der Waals surface area contributed by atoms with E-state index >= 15 is 0 Å². The van der Waals surface area contributed by atoms with Crippen LogP contribution in [0.5, 0.6) is 0 Å². The molecule has 0 spiro atoms. The molecule has 0 saturated carbocycles. The first-order chi connectivity index (χ1) is 8.28. The predicted molar refractivity (Wildman–Crippen MR) is 76.6 cm³/mol. The molecule has 0 radical (unpaired) electrons. The topological polar surface area (TPSA) is 38.9 Å². The molecule has 2 rings (SSSR count). The van der Waals surface area contributed by atoms with Crippen molar-refractivity contribution in [1.82, 2.24) is 4.98 Å². The van der Waals surface area contributed by atoms with Gasteiger partial charge in [0, 0.05) is 21.9 Å². The largest absolute Gasteiger partial charge is 0.326 e. The first kappa shape index (κ1) is 12.6. The second-order valence-corrected chi connectivity index (χ2v) is 5.64. The van der Waals surface area contributed by atoms with Crippen LogP contribution in [0, 0.1) is 0 Å². The van der Waals surface area contributed by atoms with Gasteiger partial charge in [0.15, 0.2) is 0 Å². The minimum atomic E-state index is 0.587. The van der Waals surface area contributed by atoms with Gasteiger partial charge in [-0.2, -0.15) is 0 Å². The molecule has 1 heterocycles. The van der Waals surface area contributed by atoms with Crippen molar-refractivity contribution >= 4 is 23.1 Å². The number of nitrogens with two attached hydrogens (primary N) is 1. The fraction of sp³-hybridized carbons (Fsp3) is 0.308. The van der Waals surface area contributed by atoms with Gasteiger partial charge in [0.2, 0.25) is 0 Å². The Morgan fingerprint density at radius 3 is 2.47 bits per heavy atom. The minimum Gasteiger partial charge on any atom is -0.326 e. The van der Waals surface area contributed by atoms with E-state index in [1.165, 1.54) is 15.3 Å². The third kappa shape index (κ3) is 2.70. The second-order valence-electron chi connectivity index (χ2n) is 3.68. The molecular formula is C13H16N2S2. The Bertz CT molecular complexity index is 467. The van der Waals surface area contributed by atoms with Crippen LogP contribution in [0.2, 0.25) is 0 Å². The van der Waals surface area contributed by atoms with Gasteiger partial charge in [0.05, 0.1) is 5.69 Å². The van der Waals surface area contributed by atoms with Crippen LogP contribution in [0.4, 0.5) is 0 Å². The van der Waals surface area contributed by atoms with E-state index in [0.717, 1.165) is 17.1 Å². The highest BCUT2D eigenvalue weighted by molar-refractivity contribution is 7.98. The number of thioether (sulfide) groups is 1. The van der Waals surface area contributed by atoms with Crippen molar-refractivity contribution in [1.29, 1.82) is 0 Å². The van der Waals surface area contributed by atoms with E-state index in [-0.39, 0.29) is 0 Å². The number of rotatable bonds is 4. The van der Waals surface area contributed by atoms with Crippen LogP contribution in [0.15, 0.2) is 29.2 Å². The zero-order chi connectivity index (χ0) is 12.3. The van der Waals surface area contributed by atoms with Crippen molar-refractivity contribution in [3.8, 4) is 10.6 Å². The van der Waals surface area contributed by atoms with E-state index in [1.54, 1.807) is 23.1 Å². The number of benzene rings is 1. The van der Waals surface area contributed by atoms with Gasteiger partial charge in [-0.25, -0.2) is 4.98 Å². The van der Waals surface area contributed by atoms with Gasteiger partial charge in [0.25, 0.3) is 0 Å². The number of nitrogens with zero attached hydrogens (tertiary/aromatic N) is 1. The monoisotopic (exact) mass is 264 g/mol. The summed E-state index contributed by atoms with van der Waals surface area (Å²) < 4.78 is 0. The lowest BCUT2D eigenvalue weighted by Gasteiger charge is -1.98. The normalized spacial score (nSPS) is 10.8. The Kier molecular flexibility index (Phi) is 4.20. The van der Waals surface area contributed by atoms with Gasteiger partial charge in [-0.05, 0) is 24.8 Å². The molecule has 17 heavy (non-hydrogen) atoms. The number of hydrogen-bond donors (Lipinski definition) is 1. The summed E-state index contributed by atoms with van der Waals surface area (Å²) in [6.07, 6.45) is 3.03. The number of aryl methyl sites for hydroxylation is 1. The Labute approximate surface area is 110 Å². The lowest BCUT2D eigenvalue weighted by Crippen LogP contribution is -1.96. The second kappa shape index (κ2) is 5.67. The van der Waals surface area contributed by atoms with Crippen LogP contribution in [-0.4, -0.2) is 11.2 Å². The highest BCUT2D eigenvalue weighted by Gasteiger charge is 2.09. The van der Waals surface area contributed by atoms with Gasteiger partial charge >= 0.3 is 0 Å². The molecule has 4 heteroatoms. The number of aromatic nitrogens is 1. The summed E-state index contributed by atoms with van der Waals surface area (Å²) in [4.78, 5) is 7.14. The fourth-order valence-electron chi connectivity index (χ4n) is 1.68. The molecule has 2 aromatic rings. The van der Waals surface area contributed by atoms with Crippen molar-refractivity contribution in [2.45, 2.75) is 24.8 Å². The van der Waals surface area contributed by atoms with Crippen LogP contribution in [0.1, 0.15) is 17.5 Å². The SMILES string of the molecule is CCc1nc(-c2ccc(SC)cc2)sc1CN. The summed E-state index contributed by atoms with van der Waals surface area (Å²) in [5.41, 5.74) is 8.05. The lowest BCUT2D eigenvalue weighted by molar-refractivity contribution is 0.989. The molecule has 0 aliphatic rings. The van der Waals surface area contributed by atoms with Gasteiger partial charge in [-0.1, -0.05) is 19.1 Å². The molecule has 0 bridgehead atoms. The van der Waals surface area contributed by atoms with Gasteiger partial charge in [0.1, 0.15) is 5.01 Å². The van der Waals surface area contributed by atoms with E-state index in [0.29, 0.717) is 6.54 Å². The highest BCUT2D eigenvalue weighted by atomic mass is 32.2. The van der Waals surface area contributed by atoms with E-state index in [1.807, 2.05) is 0 Å². The molecule has 90 valence electrons. The molecular weight excluding hydrogens is 248 g/mol. The van der Waals surface area contributed by atoms with Gasteiger partial charge < -0.3 is 5.73 Å². The molecule has 1 aromatic heterocycles. The first-order valence-corrected chi connectivity index (χ1v) is 7.65. The van der Waals surface area contributed by atoms with Crippen molar-refractivity contribution in [2.24, 2.45) is 5.73 Å². The number of hydrogen-bond acceptors (Lipinski definition) is 4. The molecule has 0 aliphatic heterocycles. The maximum Gasteiger partial charge on any atom is 0.123 e. The van der Waals surface area contributed by atoms with Crippen molar-refractivity contribution in [2.75, 3.05) is 6.26 Å². The average molecular weight is 264 g/mol. The van der Waals surface area contributed by atoms with Crippen LogP contribution in [-0.2, 0) is 13.0 Å². The molecule has 0 fully saturated rings. The summed E-state index contributed by atoms with van der Waals surface area (Å²) in [6, 6.07) is 8.53. The summed E-state index contributed by atoms with van der Waals surface area (Å²) in [7, 11) is 0. The van der Waals surface area contributed by atoms with E-state index in [4.69, 9.17) is 5.73 Å². The summed E-state index contributed by atoms with van der Waals surface area (Å²) in [5.74, 6) is 0. The average Bonchev–Trinajstić information content (AvgIpc) is 2.82. The Morgan fingerprint density at radius 2 is 2.00 bits per heavy atom. The fourth-order valence-corrected chi connectivity index (χ4v) is 3.12. The standard InChI is InChI=1S/C13H16N2S2/c1-3-11-12(8-14)17-13(15-11)9-4-6-10(16-2)7-5-9/h4-7H,3,8,14H2,1-2H3. The van der Waals surface area contributed by atoms with Crippen molar-refractivity contribution < 1.29 is 0 Å². The third-order valence-electron chi connectivity index (χ3n) is 2.64. The smallest absolute Gasteiger partial charge is 0.123 e. The van der Waals surface area contributed by atoms with E-state index in [2.05, 4.69) is 42.4 Å². The highest BCUT2D eigenvalue weighted by Crippen LogP contribution is 2.29. The molecule has 0 saturated heterocycles. The van der Waals surface area contributed by atoms with E-state index in [9.17, 15) is 0 Å². The minimum absolute atomic E-state index is 0.587. The van der Waals surface area contributed by atoms with Crippen LogP contribution in [0.25, 0.3) is 10.6 Å². The molecule has 0 aliphatic carbocycles. The Morgan fingerprint density at radius 1 is 1.29 bits per heavy atom. The van der Waals surface area contributed by atoms with Gasteiger partial charge in [-0.3, -0.25) is 0 Å². The molecule has 1 aromatic carbocycles. The maximum atomic E-state index is 5.73. The van der Waals surface area contributed by atoms with Crippen LogP contribution >= 0.6 is 23.1 Å². The molecule has 0 amide bonds. The first-order valence-electron chi connectivity index (χ1n) is 5.61. The number of thiazole rings is 1. The molecule has 0 atom stereocenters. The zero-order valence-electron chi connectivity index (χ0n) is 10.1. The Balaban J connectivity index is 2.35. The quantitative estimate of drug-likeness (QED) is 0.858. The predicted octanol–water partition coefficient (Wildman–Crippen LogP) is 3.55. The summed E-state index contributed by atoms with van der Waals surface area (Å²) in [5, 5.41) is 1.08. The van der Waals surface area contributed by atoms with Crippen molar-refractivity contribution in [3.63, 3.8) is 0 Å². The lowest BCUT2D eigenvalue weighted by atomic mass is 10.2. The van der Waals surface area contributed by atoms with E-state index < -0.39 is 0 Å². The molecule has 2 nitrogen and oxygen atoms in total. The van der Waals surface area contributed by atoms with Gasteiger partial charge in [-0.15, -0.1) is 23.1 Å². The maximum absolute atomic E-state index is 5.73. The molecule has 0 unspecified atom stereocenters. The third-order valence-corrected chi connectivity index (χ3v) is 4.55.